The van der Waals surface area contributed by atoms with Crippen molar-refractivity contribution in [3.05, 3.63) is 93.3 Å². The Morgan fingerprint density at radius 1 is 1.12 bits per heavy atom. The van der Waals surface area contributed by atoms with Gasteiger partial charge in [0.25, 0.3) is 5.56 Å². The lowest BCUT2D eigenvalue weighted by Crippen LogP contribution is -2.44. The molecule has 0 bridgehead atoms. The molecule has 5 rings (SSSR count). The Balaban J connectivity index is 1.80. The van der Waals surface area contributed by atoms with Gasteiger partial charge >= 0.3 is 10.6 Å². The summed E-state index contributed by atoms with van der Waals surface area (Å²) >= 11 is 13.8. The zero-order valence-corrected chi connectivity index (χ0v) is 20.6. The molecule has 9 heteroatoms. The number of thiazole rings is 1. The number of hydrogen-bond donors (Lipinski definition) is 0. The highest BCUT2D eigenvalue weighted by molar-refractivity contribution is 7.16. The molecule has 2 aromatic carbocycles. The molecule has 0 saturated heterocycles. The molecule has 0 fully saturated rings. The predicted octanol–water partition coefficient (Wildman–Crippen LogP) is 4.63. The Labute approximate surface area is 203 Å². The molecule has 2 aromatic heterocycles. The highest BCUT2D eigenvalue weighted by Gasteiger charge is 2.30. The summed E-state index contributed by atoms with van der Waals surface area (Å²) in [5.41, 5.74) is 3.66. The zero-order chi connectivity index (χ0) is 23.6. The second-order valence-electron chi connectivity index (χ2n) is 8.31. The Morgan fingerprint density at radius 2 is 1.88 bits per heavy atom. The Hall–Kier alpha value is -2.61. The summed E-state index contributed by atoms with van der Waals surface area (Å²) in [6, 6.07) is 8.55. The molecule has 2 heterocycles. The monoisotopic (exact) mass is 501 g/mol. The van der Waals surface area contributed by atoms with Crippen LogP contribution in [0.4, 0.5) is 0 Å². The van der Waals surface area contributed by atoms with E-state index in [1.807, 2.05) is 25.1 Å². The number of halogens is 2. The van der Waals surface area contributed by atoms with Gasteiger partial charge in [0, 0.05) is 28.4 Å². The third-order valence-corrected chi connectivity index (χ3v) is 8.09. The smallest absolute Gasteiger partial charge is 0.302 e. The summed E-state index contributed by atoms with van der Waals surface area (Å²) in [5.74, 6) is 0. The quantitative estimate of drug-likeness (QED) is 0.411. The molecule has 0 aliphatic heterocycles. The minimum atomic E-state index is -0.441. The van der Waals surface area contributed by atoms with Crippen LogP contribution in [0.5, 0.6) is 0 Å². The van der Waals surface area contributed by atoms with Gasteiger partial charge in [-0.05, 0) is 67.6 Å². The predicted molar refractivity (Wildman–Crippen MR) is 134 cm³/mol. The van der Waals surface area contributed by atoms with Crippen molar-refractivity contribution in [3.63, 3.8) is 0 Å². The van der Waals surface area contributed by atoms with Crippen LogP contribution in [-0.2, 0) is 19.9 Å². The van der Waals surface area contributed by atoms with Gasteiger partial charge in [-0.25, -0.2) is 4.79 Å². The summed E-state index contributed by atoms with van der Waals surface area (Å²) in [4.78, 5) is 39.4. The molecule has 1 aliphatic rings. The Bertz CT molecular complexity index is 1630. The topological polar surface area (TPSA) is 66.0 Å². The van der Waals surface area contributed by atoms with E-state index in [0.717, 1.165) is 32.7 Å². The summed E-state index contributed by atoms with van der Waals surface area (Å²) in [5, 5.41) is 1.03. The third-order valence-electron chi connectivity index (χ3n) is 6.54. The maximum Gasteiger partial charge on any atom is 0.336 e. The third kappa shape index (κ3) is 3.33. The van der Waals surface area contributed by atoms with Crippen molar-refractivity contribution in [1.82, 2.24) is 13.7 Å². The molecule has 6 nitrogen and oxygen atoms in total. The standard InChI is InChI=1S/C24H21Cl2N3O3S/c1-4-18-12(2)22(30)29(19-8-6-15-16(19)9-13(25)10-17(15)26)23(31)28(18)14-5-7-20-21(11-14)33-24(32)27(20)3/h5,7,9-11,19H,4,6,8H2,1-3H3. The molecular weight excluding hydrogens is 481 g/mol. The average Bonchev–Trinajstić information content (AvgIpc) is 3.31. The lowest BCUT2D eigenvalue weighted by molar-refractivity contribution is 0.513. The number of fused-ring (bicyclic) bond motifs is 2. The van der Waals surface area contributed by atoms with Gasteiger partial charge in [0.2, 0.25) is 0 Å². The zero-order valence-electron chi connectivity index (χ0n) is 18.3. The summed E-state index contributed by atoms with van der Waals surface area (Å²) in [7, 11) is 1.72. The van der Waals surface area contributed by atoms with E-state index >= 15 is 0 Å². The van der Waals surface area contributed by atoms with Gasteiger partial charge in [0.05, 0.1) is 21.9 Å². The number of hydrogen-bond acceptors (Lipinski definition) is 4. The minimum Gasteiger partial charge on any atom is -0.302 e. The van der Waals surface area contributed by atoms with Crippen molar-refractivity contribution in [2.75, 3.05) is 0 Å². The average molecular weight is 502 g/mol. The van der Waals surface area contributed by atoms with Crippen LogP contribution in [0.15, 0.2) is 44.7 Å². The van der Waals surface area contributed by atoms with E-state index < -0.39 is 11.7 Å². The van der Waals surface area contributed by atoms with Gasteiger partial charge in [-0.15, -0.1) is 0 Å². The first-order chi connectivity index (χ1) is 15.7. The molecule has 0 radical (unpaired) electrons. The second kappa shape index (κ2) is 8.01. The number of nitrogens with zero attached hydrogens (tertiary/aromatic N) is 3. The second-order valence-corrected chi connectivity index (χ2v) is 10.1. The fourth-order valence-corrected chi connectivity index (χ4v) is 6.41. The van der Waals surface area contributed by atoms with Crippen LogP contribution < -0.4 is 16.1 Å². The van der Waals surface area contributed by atoms with Crippen LogP contribution >= 0.6 is 34.5 Å². The molecule has 0 spiro atoms. The molecule has 1 unspecified atom stereocenters. The van der Waals surface area contributed by atoms with E-state index in [0.29, 0.717) is 46.3 Å². The molecule has 0 saturated carbocycles. The fourth-order valence-electron chi connectivity index (χ4n) is 4.90. The van der Waals surface area contributed by atoms with Crippen molar-refractivity contribution in [2.45, 2.75) is 39.2 Å². The summed E-state index contributed by atoms with van der Waals surface area (Å²) in [6.45, 7) is 3.68. The largest absolute Gasteiger partial charge is 0.336 e. The minimum absolute atomic E-state index is 0.0670. The maximum absolute atomic E-state index is 13.9. The van der Waals surface area contributed by atoms with Crippen molar-refractivity contribution in [2.24, 2.45) is 7.05 Å². The number of rotatable bonds is 3. The first-order valence-corrected chi connectivity index (χ1v) is 12.2. The molecule has 170 valence electrons. The molecule has 0 amide bonds. The van der Waals surface area contributed by atoms with E-state index in [-0.39, 0.29) is 10.4 Å². The highest BCUT2D eigenvalue weighted by atomic mass is 35.5. The lowest BCUT2D eigenvalue weighted by Gasteiger charge is -2.21. The molecule has 4 aromatic rings. The SMILES string of the molecule is CCc1c(C)c(=O)n(C2CCc3c(Cl)cc(Cl)cc32)c(=O)n1-c1ccc2c(c1)sc(=O)n2C. The highest BCUT2D eigenvalue weighted by Crippen LogP contribution is 2.39. The van der Waals surface area contributed by atoms with Crippen molar-refractivity contribution in [3.8, 4) is 5.69 Å². The van der Waals surface area contributed by atoms with E-state index in [2.05, 4.69) is 0 Å². The van der Waals surface area contributed by atoms with Crippen molar-refractivity contribution < 1.29 is 0 Å². The van der Waals surface area contributed by atoms with E-state index in [4.69, 9.17) is 23.2 Å². The van der Waals surface area contributed by atoms with Crippen molar-refractivity contribution >= 4 is 44.8 Å². The van der Waals surface area contributed by atoms with Gasteiger partial charge in [0.15, 0.2) is 0 Å². The number of aromatic nitrogens is 3. The maximum atomic E-state index is 13.9. The van der Waals surface area contributed by atoms with Crippen LogP contribution in [0.2, 0.25) is 10.0 Å². The lowest BCUT2D eigenvalue weighted by atomic mass is 10.1. The normalized spacial score (nSPS) is 15.4. The van der Waals surface area contributed by atoms with Crippen molar-refractivity contribution in [1.29, 1.82) is 0 Å². The molecule has 1 atom stereocenters. The van der Waals surface area contributed by atoms with Gasteiger partial charge in [-0.1, -0.05) is 41.5 Å². The Kier molecular flexibility index (Phi) is 5.39. The van der Waals surface area contributed by atoms with Crippen LogP contribution in [0.1, 0.15) is 41.8 Å². The van der Waals surface area contributed by atoms with E-state index in [9.17, 15) is 14.4 Å². The van der Waals surface area contributed by atoms with Gasteiger partial charge in [-0.3, -0.25) is 18.7 Å². The summed E-state index contributed by atoms with van der Waals surface area (Å²) < 4.78 is 5.31. The first kappa shape index (κ1) is 22.2. The fraction of sp³-hybridized carbons (Fsp3) is 0.292. The number of benzene rings is 2. The molecular formula is C24H21Cl2N3O3S. The van der Waals surface area contributed by atoms with E-state index in [1.165, 1.54) is 4.57 Å². The van der Waals surface area contributed by atoms with Crippen LogP contribution in [-0.4, -0.2) is 13.7 Å². The van der Waals surface area contributed by atoms with Gasteiger partial charge in [-0.2, -0.15) is 0 Å². The van der Waals surface area contributed by atoms with Crippen LogP contribution in [0.3, 0.4) is 0 Å². The number of aryl methyl sites for hydroxylation is 1. The summed E-state index contributed by atoms with van der Waals surface area (Å²) in [6.07, 6.45) is 1.77. The Morgan fingerprint density at radius 3 is 2.61 bits per heavy atom. The van der Waals surface area contributed by atoms with Gasteiger partial charge in [0.1, 0.15) is 0 Å². The first-order valence-electron chi connectivity index (χ1n) is 10.7. The van der Waals surface area contributed by atoms with Crippen LogP contribution in [0.25, 0.3) is 15.9 Å². The molecule has 1 aliphatic carbocycles. The van der Waals surface area contributed by atoms with E-state index in [1.54, 1.807) is 35.2 Å². The van der Waals surface area contributed by atoms with Gasteiger partial charge < -0.3 is 4.57 Å². The molecule has 0 N–H and O–H groups in total. The van der Waals surface area contributed by atoms with Crippen LogP contribution in [0, 0.1) is 6.92 Å². The molecule has 33 heavy (non-hydrogen) atoms.